The summed E-state index contributed by atoms with van der Waals surface area (Å²) in [6.07, 6.45) is 3.81. The summed E-state index contributed by atoms with van der Waals surface area (Å²) < 4.78 is 22.0. The van der Waals surface area contributed by atoms with E-state index in [-0.39, 0.29) is 6.04 Å². The maximum Gasteiger partial charge on any atom is 0.141 e. The van der Waals surface area contributed by atoms with E-state index in [1.807, 2.05) is 18.3 Å². The summed E-state index contributed by atoms with van der Waals surface area (Å²) in [6.45, 7) is 3.72. The number of nitrogens with zero attached hydrogens (tertiary/aromatic N) is 2. The number of nitrogens with one attached hydrogen (secondary N) is 2. The number of methoxy groups -OCH3 is 2. The third kappa shape index (κ3) is 5.07. The van der Waals surface area contributed by atoms with Crippen LogP contribution >= 0.6 is 23.2 Å². The SMILES string of the molecule is COc1cc(OC)c(Cl)c(-c2cc3cnc(NC4CCOC4)cc3c(NCC3CCOC3)n2)c1Cl. The zero-order valence-electron chi connectivity index (χ0n) is 19.7. The molecule has 2 aromatic heterocycles. The molecular weight excluding hydrogens is 491 g/mol. The first-order valence-electron chi connectivity index (χ1n) is 11.6. The highest BCUT2D eigenvalue weighted by Crippen LogP contribution is 2.46. The Morgan fingerprint density at radius 3 is 2.40 bits per heavy atom. The van der Waals surface area contributed by atoms with Gasteiger partial charge in [-0.2, -0.15) is 0 Å². The molecule has 10 heteroatoms. The van der Waals surface area contributed by atoms with Crippen LogP contribution in [0.1, 0.15) is 12.8 Å². The fourth-order valence-electron chi connectivity index (χ4n) is 4.44. The highest BCUT2D eigenvalue weighted by molar-refractivity contribution is 6.41. The molecule has 0 aliphatic carbocycles. The molecule has 2 saturated heterocycles. The molecule has 5 rings (SSSR count). The molecule has 0 saturated carbocycles. The van der Waals surface area contributed by atoms with Gasteiger partial charge in [0.15, 0.2) is 0 Å². The zero-order chi connectivity index (χ0) is 24.4. The van der Waals surface area contributed by atoms with Crippen molar-refractivity contribution in [3.8, 4) is 22.8 Å². The van der Waals surface area contributed by atoms with Gasteiger partial charge < -0.3 is 29.6 Å². The van der Waals surface area contributed by atoms with Crippen molar-refractivity contribution in [2.24, 2.45) is 5.92 Å². The molecule has 0 amide bonds. The van der Waals surface area contributed by atoms with Crippen molar-refractivity contribution in [1.29, 1.82) is 0 Å². The molecule has 186 valence electrons. The minimum absolute atomic E-state index is 0.251. The summed E-state index contributed by atoms with van der Waals surface area (Å²) in [6, 6.07) is 5.87. The number of aromatic nitrogens is 2. The van der Waals surface area contributed by atoms with Gasteiger partial charge in [-0.05, 0) is 25.0 Å². The van der Waals surface area contributed by atoms with E-state index in [2.05, 4.69) is 15.6 Å². The topological polar surface area (TPSA) is 86.8 Å². The molecule has 2 unspecified atom stereocenters. The first-order valence-corrected chi connectivity index (χ1v) is 12.4. The summed E-state index contributed by atoms with van der Waals surface area (Å²) in [4.78, 5) is 9.60. The zero-order valence-corrected chi connectivity index (χ0v) is 21.2. The van der Waals surface area contributed by atoms with Crippen LogP contribution in [0.5, 0.6) is 11.5 Å². The maximum absolute atomic E-state index is 6.70. The van der Waals surface area contributed by atoms with Gasteiger partial charge in [-0.3, -0.25) is 0 Å². The number of halogens is 2. The Morgan fingerprint density at radius 2 is 1.74 bits per heavy atom. The highest BCUT2D eigenvalue weighted by atomic mass is 35.5. The normalized spacial score (nSPS) is 19.8. The lowest BCUT2D eigenvalue weighted by molar-refractivity contribution is 0.187. The smallest absolute Gasteiger partial charge is 0.141 e. The molecule has 4 heterocycles. The fourth-order valence-corrected chi connectivity index (χ4v) is 5.14. The molecule has 8 nitrogen and oxygen atoms in total. The quantitative estimate of drug-likeness (QED) is 0.417. The van der Waals surface area contributed by atoms with E-state index in [4.69, 9.17) is 47.1 Å². The molecule has 2 atom stereocenters. The summed E-state index contributed by atoms with van der Waals surface area (Å²) >= 11 is 13.4. The lowest BCUT2D eigenvalue weighted by Crippen LogP contribution is -2.19. The third-order valence-electron chi connectivity index (χ3n) is 6.41. The van der Waals surface area contributed by atoms with Gasteiger partial charge in [-0.25, -0.2) is 9.97 Å². The van der Waals surface area contributed by atoms with Crippen LogP contribution in [0.25, 0.3) is 22.0 Å². The second-order valence-corrected chi connectivity index (χ2v) is 9.50. The van der Waals surface area contributed by atoms with Gasteiger partial charge in [-0.15, -0.1) is 0 Å². The van der Waals surface area contributed by atoms with Gasteiger partial charge in [0.25, 0.3) is 0 Å². The van der Waals surface area contributed by atoms with E-state index in [1.165, 1.54) is 0 Å². The fraction of sp³-hybridized carbons (Fsp3) is 0.440. The van der Waals surface area contributed by atoms with Crippen LogP contribution in [0.15, 0.2) is 24.4 Å². The maximum atomic E-state index is 6.70. The summed E-state index contributed by atoms with van der Waals surface area (Å²) in [5, 5.41) is 9.59. The number of benzene rings is 1. The number of rotatable bonds is 8. The Bertz CT molecular complexity index is 1190. The van der Waals surface area contributed by atoms with Gasteiger partial charge in [-0.1, -0.05) is 23.2 Å². The Hall–Kier alpha value is -2.52. The summed E-state index contributed by atoms with van der Waals surface area (Å²) in [5.41, 5.74) is 1.14. The molecule has 3 aromatic rings. The highest BCUT2D eigenvalue weighted by Gasteiger charge is 2.23. The molecule has 0 spiro atoms. The standard InChI is InChI=1S/C25H28Cl2N4O4/c1-32-19-9-20(33-2)24(27)22(23(19)26)18-7-15-11-28-21(30-16-4-6-35-13-16)8-17(15)25(31-18)29-10-14-3-5-34-12-14/h7-9,11,14,16H,3-6,10,12-13H2,1-2H3,(H,28,30)(H,29,31). The van der Waals surface area contributed by atoms with E-state index < -0.39 is 0 Å². The van der Waals surface area contributed by atoms with Crippen molar-refractivity contribution >= 4 is 45.6 Å². The summed E-state index contributed by atoms with van der Waals surface area (Å²) in [7, 11) is 3.10. The molecule has 0 radical (unpaired) electrons. The predicted octanol–water partition coefficient (Wildman–Crippen LogP) is 5.27. The first-order chi connectivity index (χ1) is 17.1. The van der Waals surface area contributed by atoms with Crippen molar-refractivity contribution in [3.05, 3.63) is 34.4 Å². The van der Waals surface area contributed by atoms with Crippen molar-refractivity contribution in [1.82, 2.24) is 9.97 Å². The van der Waals surface area contributed by atoms with E-state index >= 15 is 0 Å². The average Bonchev–Trinajstić information content (AvgIpc) is 3.57. The molecule has 1 aromatic carbocycles. The van der Waals surface area contributed by atoms with Crippen LogP contribution in [0.4, 0.5) is 11.6 Å². The number of anilines is 2. The number of pyridine rings is 2. The lowest BCUT2D eigenvalue weighted by Gasteiger charge is -2.18. The Kier molecular flexibility index (Phi) is 7.34. The van der Waals surface area contributed by atoms with E-state index in [9.17, 15) is 0 Å². The van der Waals surface area contributed by atoms with Crippen LogP contribution in [0, 0.1) is 5.92 Å². The van der Waals surface area contributed by atoms with E-state index in [0.717, 1.165) is 61.6 Å². The van der Waals surface area contributed by atoms with Crippen LogP contribution in [0.3, 0.4) is 0 Å². The van der Waals surface area contributed by atoms with Gasteiger partial charge in [0.1, 0.15) is 23.1 Å². The second kappa shape index (κ2) is 10.6. The van der Waals surface area contributed by atoms with Crippen LogP contribution < -0.4 is 20.1 Å². The lowest BCUT2D eigenvalue weighted by atomic mass is 10.1. The van der Waals surface area contributed by atoms with Crippen LogP contribution in [-0.2, 0) is 9.47 Å². The van der Waals surface area contributed by atoms with Gasteiger partial charge >= 0.3 is 0 Å². The second-order valence-electron chi connectivity index (χ2n) is 8.75. The van der Waals surface area contributed by atoms with Gasteiger partial charge in [0.2, 0.25) is 0 Å². The van der Waals surface area contributed by atoms with Crippen molar-refractivity contribution in [2.45, 2.75) is 18.9 Å². The molecule has 2 N–H and O–H groups in total. The Morgan fingerprint density at radius 1 is 1.00 bits per heavy atom. The Balaban J connectivity index is 1.59. The number of hydrogen-bond donors (Lipinski definition) is 2. The monoisotopic (exact) mass is 518 g/mol. The minimum Gasteiger partial charge on any atom is -0.495 e. The Labute approximate surface area is 214 Å². The molecular formula is C25H28Cl2N4O4. The third-order valence-corrected chi connectivity index (χ3v) is 7.16. The average molecular weight is 519 g/mol. The predicted molar refractivity (Wildman–Crippen MR) is 138 cm³/mol. The number of hydrogen-bond acceptors (Lipinski definition) is 8. The first kappa shape index (κ1) is 24.2. The molecule has 2 aliphatic heterocycles. The van der Waals surface area contributed by atoms with Crippen molar-refractivity contribution in [2.75, 3.05) is 57.8 Å². The summed E-state index contributed by atoms with van der Waals surface area (Å²) in [5.74, 6) is 2.85. The van der Waals surface area contributed by atoms with Crippen molar-refractivity contribution in [3.63, 3.8) is 0 Å². The van der Waals surface area contributed by atoms with E-state index in [1.54, 1.807) is 20.3 Å². The largest absolute Gasteiger partial charge is 0.495 e. The van der Waals surface area contributed by atoms with Gasteiger partial charge in [0, 0.05) is 54.3 Å². The van der Waals surface area contributed by atoms with Gasteiger partial charge in [0.05, 0.1) is 49.2 Å². The minimum atomic E-state index is 0.251. The molecule has 2 aliphatic rings. The molecule has 2 fully saturated rings. The number of fused-ring (bicyclic) bond motifs is 1. The number of ether oxygens (including phenoxy) is 4. The molecule has 0 bridgehead atoms. The van der Waals surface area contributed by atoms with E-state index in [0.29, 0.717) is 45.3 Å². The van der Waals surface area contributed by atoms with Crippen LogP contribution in [-0.4, -0.2) is 63.2 Å². The van der Waals surface area contributed by atoms with Crippen LogP contribution in [0.2, 0.25) is 10.0 Å². The van der Waals surface area contributed by atoms with Crippen molar-refractivity contribution < 1.29 is 18.9 Å². The molecule has 35 heavy (non-hydrogen) atoms.